The Balaban J connectivity index is 5.07. The summed E-state index contributed by atoms with van der Waals surface area (Å²) in [5.41, 5.74) is 13.0. The highest BCUT2D eigenvalue weighted by molar-refractivity contribution is 6.39. The Morgan fingerprint density at radius 3 is 2.06 bits per heavy atom. The van der Waals surface area contributed by atoms with Gasteiger partial charge in [0.25, 0.3) is 5.78 Å². The van der Waals surface area contributed by atoms with E-state index in [9.17, 15) is 9.59 Å². The fourth-order valence-electron chi connectivity index (χ4n) is 1.26. The van der Waals surface area contributed by atoms with Gasteiger partial charge in [-0.15, -0.1) is 0 Å². The number of esters is 1. The molecule has 6 heteroatoms. The van der Waals surface area contributed by atoms with E-state index in [0.717, 1.165) is 0 Å². The van der Waals surface area contributed by atoms with Crippen molar-refractivity contribution in [3.63, 3.8) is 0 Å². The number of hydrogen-bond acceptors (Lipinski definition) is 3. The third-order valence-corrected chi connectivity index (χ3v) is 1.97. The molecule has 0 spiro atoms. The lowest BCUT2D eigenvalue weighted by atomic mass is 9.91. The van der Waals surface area contributed by atoms with Gasteiger partial charge in [0.2, 0.25) is 0 Å². The van der Waals surface area contributed by atoms with E-state index in [1.54, 1.807) is 34.6 Å². The monoisotopic (exact) mass is 241 g/mol. The van der Waals surface area contributed by atoms with Crippen molar-refractivity contribution in [2.24, 2.45) is 17.6 Å². The Hall–Kier alpha value is -1.68. The van der Waals surface area contributed by atoms with Gasteiger partial charge in [0.1, 0.15) is 11.5 Å². The van der Waals surface area contributed by atoms with Crippen LogP contribution in [0.3, 0.4) is 0 Å². The van der Waals surface area contributed by atoms with Gasteiger partial charge in [0.15, 0.2) is 0 Å². The van der Waals surface area contributed by atoms with Gasteiger partial charge in [-0.2, -0.15) is 0 Å². The average molecular weight is 241 g/mol. The van der Waals surface area contributed by atoms with Crippen LogP contribution in [-0.4, -0.2) is 28.0 Å². The molecule has 1 unspecified atom stereocenters. The van der Waals surface area contributed by atoms with Crippen LogP contribution < -0.4 is 5.73 Å². The van der Waals surface area contributed by atoms with Crippen LogP contribution in [0.5, 0.6) is 0 Å². The van der Waals surface area contributed by atoms with Crippen LogP contribution in [0.2, 0.25) is 0 Å². The topological polar surface area (TPSA) is 106 Å². The molecule has 0 bridgehead atoms. The summed E-state index contributed by atoms with van der Waals surface area (Å²) in [6.45, 7) is 8.50. The minimum absolute atomic E-state index is 0.294. The van der Waals surface area contributed by atoms with Crippen molar-refractivity contribution in [2.45, 2.75) is 40.2 Å². The first kappa shape index (κ1) is 15.3. The number of carbonyl (C=O) groups excluding carboxylic acids is 2. The molecule has 0 aliphatic rings. The molecule has 0 aromatic rings. The number of amidine groups is 1. The van der Waals surface area contributed by atoms with Gasteiger partial charge in [0.05, 0.1) is 0 Å². The molecular weight excluding hydrogens is 222 g/mol. The summed E-state index contributed by atoms with van der Waals surface area (Å²) in [6, 6.07) is 0. The molecule has 0 amide bonds. The summed E-state index contributed by atoms with van der Waals surface area (Å²) < 4.78 is 5.12. The Morgan fingerprint density at radius 2 is 1.76 bits per heavy atom. The molecule has 0 fully saturated rings. The van der Waals surface area contributed by atoms with E-state index in [1.807, 2.05) is 0 Å². The van der Waals surface area contributed by atoms with Crippen LogP contribution in [0.4, 0.5) is 0 Å². The van der Waals surface area contributed by atoms with Crippen LogP contribution in [-0.2, 0) is 14.3 Å². The predicted molar refractivity (Wildman–Crippen MR) is 62.0 cm³/mol. The van der Waals surface area contributed by atoms with Crippen molar-refractivity contribution >= 4 is 17.6 Å². The van der Waals surface area contributed by atoms with Crippen LogP contribution >= 0.6 is 0 Å². The molecule has 17 heavy (non-hydrogen) atoms. The minimum Gasteiger partial charge on any atom is -0.497 e. The number of Topliss-reactive ketones (excluding diaryl/α,β-unsaturated/α-hetero) is 1. The lowest BCUT2D eigenvalue weighted by Crippen LogP contribution is -2.41. The Labute approximate surface area is 101 Å². The maximum Gasteiger partial charge on any atom is 0.395 e. The average Bonchev–Trinajstić information content (AvgIpc) is 2.12. The molecule has 0 aromatic carbocycles. The van der Waals surface area contributed by atoms with Gasteiger partial charge < -0.3 is 15.1 Å². The predicted octanol–water partition coefficient (Wildman–Crippen LogP) is 0.756. The van der Waals surface area contributed by atoms with E-state index >= 15 is 0 Å². The molecule has 0 heterocycles. The molecule has 0 aliphatic heterocycles. The van der Waals surface area contributed by atoms with Gasteiger partial charge in [-0.05, 0) is 26.7 Å². The number of ketones is 1. The molecule has 0 aliphatic carbocycles. The minimum atomic E-state index is -1.05. The van der Waals surface area contributed by atoms with Crippen LogP contribution in [0.15, 0.2) is 0 Å². The number of rotatable bonds is 4. The number of hydrogen-bond donors (Lipinski definition) is 1. The lowest BCUT2D eigenvalue weighted by Gasteiger charge is -2.24. The van der Waals surface area contributed by atoms with E-state index < -0.39 is 29.1 Å². The zero-order valence-corrected chi connectivity index (χ0v) is 10.9. The smallest absolute Gasteiger partial charge is 0.395 e. The first-order valence-electron chi connectivity index (χ1n) is 5.34. The highest BCUT2D eigenvalue weighted by atomic mass is 16.6. The number of carbonyl (C=O) groups is 2. The zero-order valence-electron chi connectivity index (χ0n) is 10.9. The standard InChI is InChI=1S/C11H19N3O3/c1-6(2)7(8(15)9(12)14-13)10(16)17-11(3,4)5/h6-7H,12H2,1-5H3. The number of ether oxygens (including phenoxy) is 1. The van der Waals surface area contributed by atoms with E-state index in [2.05, 4.69) is 4.79 Å². The SMILES string of the molecule is CC(C)C(C(=O)OC(C)(C)C)C(=O)C(N)=[N+]=[N-]. The molecule has 0 saturated heterocycles. The molecule has 0 rings (SSSR count). The van der Waals surface area contributed by atoms with Gasteiger partial charge in [-0.3, -0.25) is 15.3 Å². The lowest BCUT2D eigenvalue weighted by molar-refractivity contribution is -0.163. The summed E-state index contributed by atoms with van der Waals surface area (Å²) in [5.74, 6) is -3.32. The third kappa shape index (κ3) is 4.78. The maximum atomic E-state index is 11.8. The highest BCUT2D eigenvalue weighted by Gasteiger charge is 2.38. The molecule has 96 valence electrons. The summed E-state index contributed by atoms with van der Waals surface area (Å²) in [4.78, 5) is 26.2. The molecule has 0 saturated carbocycles. The molecule has 0 aromatic heterocycles. The van der Waals surface area contributed by atoms with Gasteiger partial charge in [0, 0.05) is 0 Å². The summed E-state index contributed by atoms with van der Waals surface area (Å²) in [6.07, 6.45) is 0. The van der Waals surface area contributed by atoms with Gasteiger partial charge in [-0.25, -0.2) is 0 Å². The quantitative estimate of drug-likeness (QED) is 0.196. The largest absolute Gasteiger partial charge is 0.497 e. The maximum absolute atomic E-state index is 11.8. The summed E-state index contributed by atoms with van der Waals surface area (Å²) >= 11 is 0. The summed E-state index contributed by atoms with van der Waals surface area (Å²) in [7, 11) is 0. The first-order valence-corrected chi connectivity index (χ1v) is 5.34. The fourth-order valence-corrected chi connectivity index (χ4v) is 1.26. The second-order valence-electron chi connectivity index (χ2n) is 5.10. The van der Waals surface area contributed by atoms with Crippen LogP contribution in [0.1, 0.15) is 34.6 Å². The first-order chi connectivity index (χ1) is 7.60. The Bertz CT molecular complexity index is 363. The van der Waals surface area contributed by atoms with E-state index in [4.69, 9.17) is 16.0 Å². The fraction of sp³-hybridized carbons (Fsp3) is 0.727. The normalized spacial score (nSPS) is 12.8. The summed E-state index contributed by atoms with van der Waals surface area (Å²) in [5, 5.41) is 0. The zero-order chi connectivity index (χ0) is 13.8. The van der Waals surface area contributed by atoms with Crippen molar-refractivity contribution in [1.82, 2.24) is 0 Å². The Kier molecular flexibility index (Phi) is 5.04. The number of nitrogens with zero attached hydrogens (tertiary/aromatic N) is 2. The van der Waals surface area contributed by atoms with Crippen molar-refractivity contribution in [3.8, 4) is 0 Å². The molecule has 0 radical (unpaired) electrons. The van der Waals surface area contributed by atoms with Crippen LogP contribution in [0, 0.1) is 11.8 Å². The molecule has 2 N–H and O–H groups in total. The molecule has 6 nitrogen and oxygen atoms in total. The van der Waals surface area contributed by atoms with E-state index in [-0.39, 0.29) is 5.92 Å². The van der Waals surface area contributed by atoms with Gasteiger partial charge >= 0.3 is 11.8 Å². The van der Waals surface area contributed by atoms with E-state index in [0.29, 0.717) is 0 Å². The van der Waals surface area contributed by atoms with Crippen molar-refractivity contribution in [2.75, 3.05) is 0 Å². The third-order valence-electron chi connectivity index (χ3n) is 1.97. The van der Waals surface area contributed by atoms with Gasteiger partial charge in [-0.1, -0.05) is 13.8 Å². The van der Waals surface area contributed by atoms with Crippen LogP contribution in [0.25, 0.3) is 5.53 Å². The second kappa shape index (κ2) is 5.59. The Morgan fingerprint density at radius 1 is 1.29 bits per heavy atom. The van der Waals surface area contributed by atoms with E-state index in [1.165, 1.54) is 0 Å². The van der Waals surface area contributed by atoms with Crippen molar-refractivity contribution in [3.05, 3.63) is 5.53 Å². The van der Waals surface area contributed by atoms with Crippen molar-refractivity contribution in [1.29, 1.82) is 0 Å². The van der Waals surface area contributed by atoms with Crippen molar-refractivity contribution < 1.29 is 19.1 Å². The second-order valence-corrected chi connectivity index (χ2v) is 5.10. The highest BCUT2D eigenvalue weighted by Crippen LogP contribution is 2.18. The molecule has 1 atom stereocenters. The number of nitrogens with two attached hydrogens (primary N) is 1. The molecular formula is C11H19N3O3.